The van der Waals surface area contributed by atoms with Gasteiger partial charge in [-0.05, 0) is 48.9 Å². The summed E-state index contributed by atoms with van der Waals surface area (Å²) in [5.74, 6) is -0.753. The molecule has 2 aromatic carbocycles. The normalized spacial score (nSPS) is 15.7. The van der Waals surface area contributed by atoms with E-state index in [1.54, 1.807) is 9.47 Å². The Bertz CT molecular complexity index is 1230. The van der Waals surface area contributed by atoms with Gasteiger partial charge < -0.3 is 19.9 Å². The molecule has 0 spiro atoms. The lowest BCUT2D eigenvalue weighted by Crippen LogP contribution is -2.46. The average Bonchev–Trinajstić information content (AvgIpc) is 2.97. The number of aromatic hydroxyl groups is 1. The Morgan fingerprint density at radius 1 is 0.970 bits per heavy atom. The number of rotatable bonds is 4. The third-order valence-corrected chi connectivity index (χ3v) is 6.91. The number of aromatic nitrogens is 1. The highest BCUT2D eigenvalue weighted by atomic mass is 16.3. The van der Waals surface area contributed by atoms with Crippen molar-refractivity contribution in [3.63, 3.8) is 0 Å². The maximum absolute atomic E-state index is 13.0. The van der Waals surface area contributed by atoms with Gasteiger partial charge in [-0.15, -0.1) is 0 Å². The molecule has 1 aliphatic heterocycles. The van der Waals surface area contributed by atoms with Crippen LogP contribution in [0.3, 0.4) is 0 Å². The Morgan fingerprint density at radius 3 is 2.18 bits per heavy atom. The molecule has 0 unspecified atom stereocenters. The van der Waals surface area contributed by atoms with Crippen molar-refractivity contribution >= 4 is 5.91 Å². The zero-order valence-corrected chi connectivity index (χ0v) is 19.0. The van der Waals surface area contributed by atoms with E-state index in [9.17, 15) is 14.7 Å². The maximum atomic E-state index is 13.0. The summed E-state index contributed by atoms with van der Waals surface area (Å²) < 4.78 is 1.81. The van der Waals surface area contributed by atoms with Crippen molar-refractivity contribution in [3.05, 3.63) is 98.5 Å². The zero-order valence-electron chi connectivity index (χ0n) is 19.0. The summed E-state index contributed by atoms with van der Waals surface area (Å²) >= 11 is 0. The van der Waals surface area contributed by atoms with Gasteiger partial charge in [0, 0.05) is 37.4 Å². The van der Waals surface area contributed by atoms with Gasteiger partial charge in [0.2, 0.25) is 5.43 Å². The topological polar surface area (TPSA) is 74.6 Å². The lowest BCUT2D eigenvalue weighted by atomic mass is 9.94. The second-order valence-corrected chi connectivity index (χ2v) is 9.15. The average molecular weight is 444 g/mol. The molecule has 170 valence electrons. The number of nitrogens with zero attached hydrogens (tertiary/aromatic N) is 2. The van der Waals surface area contributed by atoms with E-state index in [2.05, 4.69) is 53.8 Å². The third kappa shape index (κ3) is 3.74. The number of fused-ring (bicyclic) bond motifs is 3. The van der Waals surface area contributed by atoms with Crippen LogP contribution in [0.5, 0.6) is 5.75 Å². The van der Waals surface area contributed by atoms with E-state index in [0.717, 1.165) is 12.8 Å². The van der Waals surface area contributed by atoms with Gasteiger partial charge in [0.1, 0.15) is 0 Å². The summed E-state index contributed by atoms with van der Waals surface area (Å²) in [7, 11) is 0. The first-order valence-electron chi connectivity index (χ1n) is 11.6. The van der Waals surface area contributed by atoms with E-state index in [1.807, 2.05) is 13.8 Å². The molecule has 2 heterocycles. The highest BCUT2D eigenvalue weighted by Crippen LogP contribution is 2.33. The van der Waals surface area contributed by atoms with Crippen molar-refractivity contribution < 1.29 is 9.90 Å². The lowest BCUT2D eigenvalue weighted by molar-refractivity contribution is 0.0639. The smallest absolute Gasteiger partial charge is 0.274 e. The molecule has 0 saturated heterocycles. The summed E-state index contributed by atoms with van der Waals surface area (Å²) in [6.07, 6.45) is 1.97. The van der Waals surface area contributed by atoms with Gasteiger partial charge in [-0.3, -0.25) is 9.59 Å². The summed E-state index contributed by atoms with van der Waals surface area (Å²) in [6.45, 7) is 5.38. The first-order valence-corrected chi connectivity index (χ1v) is 11.6. The van der Waals surface area contributed by atoms with E-state index < -0.39 is 11.2 Å². The van der Waals surface area contributed by atoms with Crippen molar-refractivity contribution in [1.82, 2.24) is 14.8 Å². The number of benzene rings is 2. The van der Waals surface area contributed by atoms with E-state index in [1.165, 1.54) is 28.3 Å². The van der Waals surface area contributed by atoms with Crippen LogP contribution in [0.1, 0.15) is 58.3 Å². The minimum atomic E-state index is -0.515. The van der Waals surface area contributed by atoms with Crippen molar-refractivity contribution in [2.24, 2.45) is 0 Å². The first-order chi connectivity index (χ1) is 16.0. The van der Waals surface area contributed by atoms with Crippen LogP contribution in [0, 0.1) is 0 Å². The van der Waals surface area contributed by atoms with Crippen LogP contribution < -0.4 is 10.7 Å². The van der Waals surface area contributed by atoms with Gasteiger partial charge in [-0.2, -0.15) is 0 Å². The van der Waals surface area contributed by atoms with E-state index >= 15 is 0 Å². The first kappa shape index (κ1) is 21.5. The number of hydrogen-bond donors (Lipinski definition) is 2. The Hall–Kier alpha value is -3.38. The molecule has 6 heteroatoms. The molecule has 0 bridgehead atoms. The number of nitrogens with one attached hydrogen (secondary N) is 1. The second-order valence-electron chi connectivity index (χ2n) is 9.15. The van der Waals surface area contributed by atoms with Crippen LogP contribution in [0.15, 0.2) is 59.4 Å². The lowest BCUT2D eigenvalue weighted by Gasteiger charge is -2.34. The highest BCUT2D eigenvalue weighted by molar-refractivity contribution is 5.96. The molecular formula is C27H29N3O3. The van der Waals surface area contributed by atoms with Crippen LogP contribution in [-0.4, -0.2) is 33.1 Å². The van der Waals surface area contributed by atoms with Crippen LogP contribution in [-0.2, 0) is 25.9 Å². The summed E-state index contributed by atoms with van der Waals surface area (Å²) in [5.41, 5.74) is 5.41. The summed E-state index contributed by atoms with van der Waals surface area (Å²) in [5, 5.41) is 14.1. The maximum Gasteiger partial charge on any atom is 0.274 e. The molecule has 2 N–H and O–H groups in total. The van der Waals surface area contributed by atoms with Gasteiger partial charge in [-0.1, -0.05) is 48.5 Å². The van der Waals surface area contributed by atoms with Gasteiger partial charge in [0.25, 0.3) is 5.91 Å². The molecule has 0 atom stereocenters. The highest BCUT2D eigenvalue weighted by Gasteiger charge is 2.31. The number of pyridine rings is 1. The van der Waals surface area contributed by atoms with Gasteiger partial charge >= 0.3 is 0 Å². The minimum Gasteiger partial charge on any atom is -0.503 e. The predicted molar refractivity (Wildman–Crippen MR) is 128 cm³/mol. The molecule has 0 fully saturated rings. The van der Waals surface area contributed by atoms with Crippen LogP contribution in [0.2, 0.25) is 0 Å². The number of aryl methyl sites for hydroxylation is 2. The zero-order chi connectivity index (χ0) is 23.1. The Labute approximate surface area is 193 Å². The fourth-order valence-electron chi connectivity index (χ4n) is 5.19. The number of carbonyl (C=O) groups is 1. The fourth-order valence-corrected chi connectivity index (χ4v) is 5.19. The molecule has 6 nitrogen and oxygen atoms in total. The fraction of sp³-hybridized carbons (Fsp3) is 0.333. The quantitative estimate of drug-likeness (QED) is 0.648. The molecular weight excluding hydrogens is 414 g/mol. The van der Waals surface area contributed by atoms with Crippen molar-refractivity contribution in [2.75, 3.05) is 6.54 Å². The third-order valence-electron chi connectivity index (χ3n) is 6.91. The molecule has 33 heavy (non-hydrogen) atoms. The second kappa shape index (κ2) is 8.52. The summed E-state index contributed by atoms with van der Waals surface area (Å²) in [6, 6.07) is 18.4. The molecule has 1 aromatic heterocycles. The van der Waals surface area contributed by atoms with Gasteiger partial charge in [0.05, 0.1) is 6.04 Å². The molecule has 2 aliphatic rings. The van der Waals surface area contributed by atoms with Gasteiger partial charge in [-0.25, -0.2) is 0 Å². The Morgan fingerprint density at radius 2 is 1.58 bits per heavy atom. The number of hydrogen-bond acceptors (Lipinski definition) is 4. The molecule has 1 aliphatic carbocycles. The SMILES string of the molecule is CC(C)N1CCn2c(CNC3c4ccccc4CCc4ccccc43)cc(=O)c(O)c2C1=O. The number of carbonyl (C=O) groups excluding carboxylic acids is 1. The van der Waals surface area contributed by atoms with E-state index in [4.69, 9.17) is 0 Å². The van der Waals surface area contributed by atoms with Crippen LogP contribution >= 0.6 is 0 Å². The molecule has 0 saturated carbocycles. The van der Waals surface area contributed by atoms with Crippen LogP contribution in [0.4, 0.5) is 0 Å². The Kier molecular flexibility index (Phi) is 5.54. The van der Waals surface area contributed by atoms with Crippen LogP contribution in [0.25, 0.3) is 0 Å². The predicted octanol–water partition coefficient (Wildman–Crippen LogP) is 3.40. The standard InChI is InChI=1S/C27H29N3O3/c1-17(2)29-13-14-30-20(15-23(31)26(32)25(30)27(29)33)16-28-24-21-9-5-3-7-18(21)11-12-19-8-4-6-10-22(19)24/h3-10,15,17,24,28,32H,11-14,16H2,1-2H3. The molecule has 3 aromatic rings. The largest absolute Gasteiger partial charge is 0.503 e. The van der Waals surface area contributed by atoms with Crippen molar-refractivity contribution in [3.8, 4) is 5.75 Å². The number of amides is 1. The monoisotopic (exact) mass is 443 g/mol. The molecule has 5 rings (SSSR count). The minimum absolute atomic E-state index is 0.00141. The van der Waals surface area contributed by atoms with Gasteiger partial charge in [0.15, 0.2) is 11.4 Å². The van der Waals surface area contributed by atoms with E-state index in [0.29, 0.717) is 25.3 Å². The summed E-state index contributed by atoms with van der Waals surface area (Å²) in [4.78, 5) is 27.3. The molecule has 0 radical (unpaired) electrons. The van der Waals surface area contributed by atoms with Crippen molar-refractivity contribution in [2.45, 2.75) is 51.9 Å². The van der Waals surface area contributed by atoms with Crippen molar-refractivity contribution in [1.29, 1.82) is 0 Å². The molecule has 1 amide bonds. The van der Waals surface area contributed by atoms with E-state index in [-0.39, 0.29) is 23.7 Å². The Balaban J connectivity index is 1.53.